The molecule has 1 rings (SSSR count). The van der Waals surface area contributed by atoms with E-state index < -0.39 is 5.97 Å². The highest BCUT2D eigenvalue weighted by atomic mass is 16.5. The highest BCUT2D eigenvalue weighted by molar-refractivity contribution is 5.91. The molecule has 0 aliphatic rings. The third-order valence-electron chi connectivity index (χ3n) is 1.72. The van der Waals surface area contributed by atoms with Gasteiger partial charge in [-0.05, 0) is 18.6 Å². The molecule has 0 saturated heterocycles. The summed E-state index contributed by atoms with van der Waals surface area (Å²) >= 11 is 0. The lowest BCUT2D eigenvalue weighted by Gasteiger charge is -2.02. The van der Waals surface area contributed by atoms with Gasteiger partial charge in [-0.3, -0.25) is 0 Å². The molecule has 0 aromatic carbocycles. The maximum atomic E-state index is 11.1. The van der Waals surface area contributed by atoms with Gasteiger partial charge in [-0.15, -0.1) is 0 Å². The van der Waals surface area contributed by atoms with Crippen molar-refractivity contribution < 1.29 is 9.53 Å². The lowest BCUT2D eigenvalue weighted by molar-refractivity contribution is 0.0599. The van der Waals surface area contributed by atoms with E-state index in [1.54, 1.807) is 6.92 Å². The number of ether oxygens (including phenoxy) is 1. The van der Waals surface area contributed by atoms with Gasteiger partial charge in [-0.25, -0.2) is 9.78 Å². The molecule has 1 heterocycles. The molecule has 66 valence electrons. The Bertz CT molecular complexity index is 380. The van der Waals surface area contributed by atoms with Crippen LogP contribution in [0.5, 0.6) is 0 Å². The molecule has 13 heavy (non-hydrogen) atoms. The van der Waals surface area contributed by atoms with Gasteiger partial charge in [-0.2, -0.15) is 5.26 Å². The molecule has 1 aromatic heterocycles. The van der Waals surface area contributed by atoms with Crippen molar-refractivity contribution in [3.63, 3.8) is 0 Å². The first-order valence-electron chi connectivity index (χ1n) is 3.64. The van der Waals surface area contributed by atoms with E-state index >= 15 is 0 Å². The van der Waals surface area contributed by atoms with E-state index in [9.17, 15) is 4.79 Å². The summed E-state index contributed by atoms with van der Waals surface area (Å²) in [4.78, 5) is 14.9. The zero-order chi connectivity index (χ0) is 9.84. The van der Waals surface area contributed by atoms with Crippen LogP contribution in [0.25, 0.3) is 0 Å². The fourth-order valence-electron chi connectivity index (χ4n) is 0.980. The first kappa shape index (κ1) is 9.20. The van der Waals surface area contributed by atoms with E-state index in [2.05, 4.69) is 9.72 Å². The Morgan fingerprint density at radius 1 is 1.69 bits per heavy atom. The Morgan fingerprint density at radius 3 is 2.92 bits per heavy atom. The molecule has 4 nitrogen and oxygen atoms in total. The lowest BCUT2D eigenvalue weighted by Crippen LogP contribution is -2.05. The summed E-state index contributed by atoms with van der Waals surface area (Å²) in [5.41, 5.74) is 1.19. The van der Waals surface area contributed by atoms with Crippen molar-refractivity contribution in [3.05, 3.63) is 29.1 Å². The molecule has 4 heteroatoms. The lowest BCUT2D eigenvalue weighted by atomic mass is 10.1. The van der Waals surface area contributed by atoms with Crippen LogP contribution in [0.3, 0.4) is 0 Å². The summed E-state index contributed by atoms with van der Waals surface area (Å²) in [5, 5.41) is 8.63. The maximum Gasteiger partial charge on any atom is 0.338 e. The molecule has 0 radical (unpaired) electrons. The number of nitriles is 1. The van der Waals surface area contributed by atoms with Gasteiger partial charge in [0.1, 0.15) is 11.8 Å². The van der Waals surface area contributed by atoms with Crippen LogP contribution in [-0.4, -0.2) is 18.1 Å². The first-order chi connectivity index (χ1) is 6.20. The van der Waals surface area contributed by atoms with Crippen molar-refractivity contribution in [2.45, 2.75) is 6.92 Å². The van der Waals surface area contributed by atoms with Crippen LogP contribution in [-0.2, 0) is 4.74 Å². The van der Waals surface area contributed by atoms with Crippen LogP contribution in [0.2, 0.25) is 0 Å². The number of aromatic nitrogens is 1. The normalized spacial score (nSPS) is 9.00. The number of rotatable bonds is 1. The van der Waals surface area contributed by atoms with E-state index in [0.29, 0.717) is 11.1 Å². The summed E-state index contributed by atoms with van der Waals surface area (Å²) in [6, 6.07) is 3.43. The Labute approximate surface area is 75.8 Å². The monoisotopic (exact) mass is 176 g/mol. The molecule has 1 aromatic rings. The zero-order valence-corrected chi connectivity index (χ0v) is 7.37. The minimum atomic E-state index is -0.448. The quantitative estimate of drug-likeness (QED) is 0.600. The van der Waals surface area contributed by atoms with Gasteiger partial charge >= 0.3 is 5.97 Å². The third-order valence-corrected chi connectivity index (χ3v) is 1.72. The van der Waals surface area contributed by atoms with Gasteiger partial charge in [0.05, 0.1) is 12.7 Å². The van der Waals surface area contributed by atoms with Crippen LogP contribution < -0.4 is 0 Å². The second-order valence-electron chi connectivity index (χ2n) is 2.44. The third kappa shape index (κ3) is 1.64. The predicted molar refractivity (Wildman–Crippen MR) is 45.0 cm³/mol. The average Bonchev–Trinajstić information content (AvgIpc) is 2.17. The summed E-state index contributed by atoms with van der Waals surface area (Å²) in [6.45, 7) is 1.66. The molecule has 0 aliphatic carbocycles. The standard InChI is InChI=1S/C9H8N2O2/c1-6-7(9(12)13-2)3-4-11-8(6)5-10/h3-4H,1-2H3. The zero-order valence-electron chi connectivity index (χ0n) is 7.37. The van der Waals surface area contributed by atoms with Crippen molar-refractivity contribution in [2.24, 2.45) is 0 Å². The van der Waals surface area contributed by atoms with Gasteiger partial charge in [-0.1, -0.05) is 0 Å². The Kier molecular flexibility index (Phi) is 2.60. The van der Waals surface area contributed by atoms with Crippen LogP contribution in [0.4, 0.5) is 0 Å². The second-order valence-corrected chi connectivity index (χ2v) is 2.44. The van der Waals surface area contributed by atoms with Crippen LogP contribution >= 0.6 is 0 Å². The maximum absolute atomic E-state index is 11.1. The topological polar surface area (TPSA) is 63.0 Å². The van der Waals surface area contributed by atoms with Gasteiger partial charge < -0.3 is 4.74 Å². The molecule has 0 amide bonds. The molecule has 0 saturated carbocycles. The number of nitrogens with zero attached hydrogens (tertiary/aromatic N) is 2. The molecule has 0 spiro atoms. The Morgan fingerprint density at radius 2 is 2.38 bits per heavy atom. The van der Waals surface area contributed by atoms with Crippen molar-refractivity contribution in [1.29, 1.82) is 5.26 Å². The average molecular weight is 176 g/mol. The summed E-state index contributed by atoms with van der Waals surface area (Å²) in [6.07, 6.45) is 1.41. The summed E-state index contributed by atoms with van der Waals surface area (Å²) in [5.74, 6) is -0.448. The number of methoxy groups -OCH3 is 1. The summed E-state index contributed by atoms with van der Waals surface area (Å²) < 4.78 is 4.54. The number of hydrogen-bond donors (Lipinski definition) is 0. The number of hydrogen-bond acceptors (Lipinski definition) is 4. The largest absolute Gasteiger partial charge is 0.465 e. The molecule has 0 bridgehead atoms. The van der Waals surface area contributed by atoms with E-state index in [1.165, 1.54) is 19.4 Å². The van der Waals surface area contributed by atoms with Crippen molar-refractivity contribution in [2.75, 3.05) is 7.11 Å². The minimum Gasteiger partial charge on any atom is -0.465 e. The fraction of sp³-hybridized carbons (Fsp3) is 0.222. The Hall–Kier alpha value is -1.89. The first-order valence-corrected chi connectivity index (χ1v) is 3.64. The predicted octanol–water partition coefficient (Wildman–Crippen LogP) is 1.05. The van der Waals surface area contributed by atoms with Gasteiger partial charge in [0.2, 0.25) is 0 Å². The van der Waals surface area contributed by atoms with Crippen molar-refractivity contribution in [3.8, 4) is 6.07 Å². The number of carbonyl (C=O) groups is 1. The fourth-order valence-corrected chi connectivity index (χ4v) is 0.980. The molecular formula is C9H8N2O2. The smallest absolute Gasteiger partial charge is 0.338 e. The number of esters is 1. The molecule has 0 N–H and O–H groups in total. The van der Waals surface area contributed by atoms with Gasteiger partial charge in [0.15, 0.2) is 0 Å². The number of pyridine rings is 1. The molecule has 0 fully saturated rings. The molecule has 0 atom stereocenters. The highest BCUT2D eigenvalue weighted by Gasteiger charge is 2.11. The summed E-state index contributed by atoms with van der Waals surface area (Å²) in [7, 11) is 1.30. The van der Waals surface area contributed by atoms with Crippen molar-refractivity contribution in [1.82, 2.24) is 4.98 Å². The van der Waals surface area contributed by atoms with Crippen LogP contribution in [0.15, 0.2) is 12.3 Å². The van der Waals surface area contributed by atoms with E-state index in [1.807, 2.05) is 6.07 Å². The van der Waals surface area contributed by atoms with E-state index in [-0.39, 0.29) is 5.69 Å². The highest BCUT2D eigenvalue weighted by Crippen LogP contribution is 2.10. The number of carbonyl (C=O) groups excluding carboxylic acids is 1. The van der Waals surface area contributed by atoms with Gasteiger partial charge in [0.25, 0.3) is 0 Å². The van der Waals surface area contributed by atoms with Gasteiger partial charge in [0, 0.05) is 6.20 Å². The second kappa shape index (κ2) is 3.68. The SMILES string of the molecule is COC(=O)c1ccnc(C#N)c1C. The molecule has 0 unspecified atom stereocenters. The van der Waals surface area contributed by atoms with E-state index in [0.717, 1.165) is 0 Å². The minimum absolute atomic E-state index is 0.253. The molecular weight excluding hydrogens is 168 g/mol. The van der Waals surface area contributed by atoms with Crippen LogP contribution in [0.1, 0.15) is 21.6 Å². The van der Waals surface area contributed by atoms with E-state index in [4.69, 9.17) is 5.26 Å². The van der Waals surface area contributed by atoms with Crippen molar-refractivity contribution >= 4 is 5.97 Å². The molecule has 0 aliphatic heterocycles. The Balaban J connectivity index is 3.25. The van der Waals surface area contributed by atoms with Crippen LogP contribution in [0, 0.1) is 18.3 Å².